The predicted molar refractivity (Wildman–Crippen MR) is 180 cm³/mol. The minimum Gasteiger partial charge on any atom is -0.392 e. The van der Waals surface area contributed by atoms with E-state index in [0.717, 1.165) is 61.9 Å². The zero-order chi connectivity index (χ0) is 30.7. The van der Waals surface area contributed by atoms with Crippen LogP contribution in [0.4, 0.5) is 0 Å². The molecule has 0 radical (unpaired) electrons. The average molecular weight is 650 g/mol. The SMILES string of the molecule is COP(=O)(/N=C1/CC(c2ccc(CO)cc2)=CC(c2ccc(CN3CCCC3)cc2)N1Cc1sc2ccccc2c1Cl)OC. The van der Waals surface area contributed by atoms with Crippen LogP contribution in [-0.4, -0.2) is 48.1 Å². The Kier molecular flexibility index (Phi) is 9.69. The summed E-state index contributed by atoms with van der Waals surface area (Å²) in [6, 6.07) is 24.6. The van der Waals surface area contributed by atoms with Crippen molar-refractivity contribution in [3.05, 3.63) is 111 Å². The van der Waals surface area contributed by atoms with Gasteiger partial charge in [-0.25, -0.2) is 4.57 Å². The van der Waals surface area contributed by atoms with E-state index in [1.54, 1.807) is 11.3 Å². The summed E-state index contributed by atoms with van der Waals surface area (Å²) in [6.45, 7) is 3.69. The van der Waals surface area contributed by atoms with Gasteiger partial charge in [0.1, 0.15) is 5.84 Å². The lowest BCUT2D eigenvalue weighted by Crippen LogP contribution is -2.36. The fraction of sp³-hybridized carbons (Fsp3) is 0.324. The molecule has 1 N–H and O–H groups in total. The van der Waals surface area contributed by atoms with E-state index in [9.17, 15) is 9.67 Å². The van der Waals surface area contributed by atoms with Crippen molar-refractivity contribution in [2.75, 3.05) is 27.3 Å². The van der Waals surface area contributed by atoms with Crippen molar-refractivity contribution in [1.82, 2.24) is 9.80 Å². The first-order valence-corrected chi connectivity index (χ1v) is 17.5. The summed E-state index contributed by atoms with van der Waals surface area (Å²) in [7, 11) is -1.05. The van der Waals surface area contributed by atoms with E-state index in [2.05, 4.69) is 51.0 Å². The van der Waals surface area contributed by atoms with E-state index in [1.807, 2.05) is 42.5 Å². The van der Waals surface area contributed by atoms with Crippen LogP contribution in [0.1, 0.15) is 52.4 Å². The molecule has 1 saturated heterocycles. The van der Waals surface area contributed by atoms with Gasteiger partial charge in [0.15, 0.2) is 0 Å². The van der Waals surface area contributed by atoms with Crippen molar-refractivity contribution < 1.29 is 18.7 Å². The van der Waals surface area contributed by atoms with Gasteiger partial charge in [-0.05, 0) is 59.8 Å². The lowest BCUT2D eigenvalue weighted by atomic mass is 9.90. The van der Waals surface area contributed by atoms with Crippen molar-refractivity contribution in [2.24, 2.45) is 4.76 Å². The van der Waals surface area contributed by atoms with Gasteiger partial charge in [0.05, 0.1) is 24.2 Å². The van der Waals surface area contributed by atoms with E-state index in [-0.39, 0.29) is 12.6 Å². The Morgan fingerprint density at radius 3 is 2.30 bits per heavy atom. The Morgan fingerprint density at radius 1 is 0.955 bits per heavy atom. The number of halogens is 1. The minimum atomic E-state index is -3.75. The molecule has 0 bridgehead atoms. The van der Waals surface area contributed by atoms with Crippen LogP contribution in [0.3, 0.4) is 0 Å². The third-order valence-corrected chi connectivity index (χ3v) is 11.5. The maximum Gasteiger partial charge on any atom is 0.454 e. The smallest absolute Gasteiger partial charge is 0.392 e. The monoisotopic (exact) mass is 649 g/mol. The highest BCUT2D eigenvalue weighted by atomic mass is 35.5. The number of hydrogen-bond acceptors (Lipinski definition) is 6. The molecule has 4 aromatic rings. The van der Waals surface area contributed by atoms with Crippen LogP contribution in [-0.2, 0) is 33.3 Å². The molecule has 3 aromatic carbocycles. The van der Waals surface area contributed by atoms with Gasteiger partial charge in [0.25, 0.3) is 0 Å². The van der Waals surface area contributed by atoms with E-state index in [0.29, 0.717) is 18.8 Å². The summed E-state index contributed by atoms with van der Waals surface area (Å²) < 4.78 is 29.8. The number of benzene rings is 3. The van der Waals surface area contributed by atoms with Gasteiger partial charge in [-0.15, -0.1) is 11.3 Å². The third kappa shape index (κ3) is 6.73. The molecular formula is C34H37ClN3O4PS. The number of rotatable bonds is 10. The Bertz CT molecular complexity index is 1710. The number of likely N-dealkylation sites (tertiary alicyclic amines) is 1. The molecule has 10 heteroatoms. The lowest BCUT2D eigenvalue weighted by molar-refractivity contribution is 0.275. The second-order valence-corrected chi connectivity index (χ2v) is 14.6. The van der Waals surface area contributed by atoms with Crippen molar-refractivity contribution in [3.63, 3.8) is 0 Å². The van der Waals surface area contributed by atoms with Crippen LogP contribution in [0.15, 0.2) is 83.6 Å². The molecule has 1 fully saturated rings. The number of thiophene rings is 1. The van der Waals surface area contributed by atoms with E-state index in [4.69, 9.17) is 20.6 Å². The fourth-order valence-electron chi connectivity index (χ4n) is 5.99. The second-order valence-electron chi connectivity index (χ2n) is 11.2. The lowest BCUT2D eigenvalue weighted by Gasteiger charge is -2.38. The summed E-state index contributed by atoms with van der Waals surface area (Å²) in [5.74, 6) is 0.598. The van der Waals surface area contributed by atoms with Crippen LogP contribution < -0.4 is 0 Å². The molecule has 0 amide bonds. The summed E-state index contributed by atoms with van der Waals surface area (Å²) in [5, 5.41) is 11.3. The number of aliphatic hydroxyl groups excluding tert-OH is 1. The maximum absolute atomic E-state index is 13.5. The first-order chi connectivity index (χ1) is 21.4. The molecule has 6 rings (SSSR count). The zero-order valence-corrected chi connectivity index (χ0v) is 27.5. The number of nitrogens with zero attached hydrogens (tertiary/aromatic N) is 3. The molecule has 230 valence electrons. The van der Waals surface area contributed by atoms with E-state index >= 15 is 0 Å². The van der Waals surface area contributed by atoms with Gasteiger partial charge in [-0.1, -0.05) is 84.4 Å². The van der Waals surface area contributed by atoms with Crippen molar-refractivity contribution in [3.8, 4) is 0 Å². The van der Waals surface area contributed by atoms with Gasteiger partial charge in [-0.2, -0.15) is 4.76 Å². The second kappa shape index (κ2) is 13.7. The Labute approximate surface area is 268 Å². The Balaban J connectivity index is 1.45. The van der Waals surface area contributed by atoms with E-state index in [1.165, 1.54) is 32.6 Å². The zero-order valence-electron chi connectivity index (χ0n) is 25.0. The van der Waals surface area contributed by atoms with Crippen LogP contribution in [0, 0.1) is 0 Å². The molecule has 1 unspecified atom stereocenters. The molecule has 2 aliphatic heterocycles. The van der Waals surface area contributed by atoms with Gasteiger partial charge in [0, 0.05) is 42.1 Å². The number of fused-ring (bicyclic) bond motifs is 1. The van der Waals surface area contributed by atoms with Crippen LogP contribution >= 0.6 is 30.7 Å². The minimum absolute atomic E-state index is 0.0208. The highest BCUT2D eigenvalue weighted by Crippen LogP contribution is 2.50. The topological polar surface area (TPSA) is 74.6 Å². The van der Waals surface area contributed by atoms with Crippen LogP contribution in [0.25, 0.3) is 15.7 Å². The fourth-order valence-corrected chi connectivity index (χ4v) is 8.26. The molecule has 44 heavy (non-hydrogen) atoms. The van der Waals surface area contributed by atoms with Gasteiger partial charge >= 0.3 is 7.75 Å². The molecule has 3 heterocycles. The number of amidine groups is 1. The van der Waals surface area contributed by atoms with Crippen LogP contribution in [0.2, 0.25) is 5.02 Å². The number of hydrogen-bond donors (Lipinski definition) is 1. The highest BCUT2D eigenvalue weighted by molar-refractivity contribution is 7.52. The molecule has 7 nitrogen and oxygen atoms in total. The van der Waals surface area contributed by atoms with Crippen LogP contribution in [0.5, 0.6) is 0 Å². The summed E-state index contributed by atoms with van der Waals surface area (Å²) in [6.07, 6.45) is 5.20. The Hall–Kier alpha value is -2.81. The quantitative estimate of drug-likeness (QED) is 0.174. The molecule has 1 atom stereocenters. The predicted octanol–water partition coefficient (Wildman–Crippen LogP) is 8.47. The molecule has 0 saturated carbocycles. The molecular weight excluding hydrogens is 613 g/mol. The highest BCUT2D eigenvalue weighted by Gasteiger charge is 2.33. The standard InChI is InChI=1S/C34H37ClN3O4PS/c1-41-43(40,42-2)36-33-20-28(26-13-11-25(23-39)12-14-26)19-30(27-15-9-24(10-16-27)21-37-17-5-6-18-37)38(33)22-32-34(35)29-7-3-4-8-31(29)44-32/h3-4,7-16,19,30,39H,5-6,17-18,20-23H2,1-2H3/b36-33-. The van der Waals surface area contributed by atoms with Crippen molar-refractivity contribution >= 4 is 52.2 Å². The van der Waals surface area contributed by atoms with Gasteiger partial charge < -0.3 is 10.0 Å². The first kappa shape index (κ1) is 31.2. The summed E-state index contributed by atoms with van der Waals surface area (Å²) >= 11 is 8.62. The first-order valence-electron chi connectivity index (χ1n) is 14.8. The number of aliphatic hydroxyl groups is 1. The van der Waals surface area contributed by atoms with Gasteiger partial charge in [-0.3, -0.25) is 13.9 Å². The summed E-state index contributed by atoms with van der Waals surface area (Å²) in [4.78, 5) is 5.67. The average Bonchev–Trinajstić information content (AvgIpc) is 3.69. The van der Waals surface area contributed by atoms with Gasteiger partial charge in [0.2, 0.25) is 0 Å². The third-order valence-electron chi connectivity index (χ3n) is 8.42. The molecule has 0 spiro atoms. The maximum atomic E-state index is 13.5. The van der Waals surface area contributed by atoms with E-state index < -0.39 is 7.75 Å². The Morgan fingerprint density at radius 2 is 1.64 bits per heavy atom. The normalized spacial score (nSPS) is 18.8. The largest absolute Gasteiger partial charge is 0.454 e. The van der Waals surface area contributed by atoms with Crippen molar-refractivity contribution in [1.29, 1.82) is 0 Å². The molecule has 1 aromatic heterocycles. The summed E-state index contributed by atoms with van der Waals surface area (Å²) in [5.41, 5.74) is 5.26. The molecule has 2 aliphatic rings. The molecule has 0 aliphatic carbocycles. The van der Waals surface area contributed by atoms with Crippen molar-refractivity contribution in [2.45, 2.75) is 45.0 Å².